The van der Waals surface area contributed by atoms with Gasteiger partial charge >= 0.3 is 0 Å². The molecule has 29 heavy (non-hydrogen) atoms. The van der Waals surface area contributed by atoms with Crippen LogP contribution in [0.25, 0.3) is 10.9 Å². The van der Waals surface area contributed by atoms with Crippen LogP contribution in [0.2, 0.25) is 0 Å². The van der Waals surface area contributed by atoms with Crippen molar-refractivity contribution in [2.75, 3.05) is 10.7 Å². The second kappa shape index (κ2) is 7.34. The van der Waals surface area contributed by atoms with Crippen LogP contribution in [0.3, 0.4) is 0 Å². The summed E-state index contributed by atoms with van der Waals surface area (Å²) in [5.74, 6) is 0.343. The van der Waals surface area contributed by atoms with Crippen molar-refractivity contribution < 1.29 is 4.79 Å². The van der Waals surface area contributed by atoms with Gasteiger partial charge in [0.15, 0.2) is 5.16 Å². The first-order valence-corrected chi connectivity index (χ1v) is 11.2. The number of fused-ring (bicyclic) bond motifs is 2. The number of para-hydroxylation sites is 2. The SMILES string of the molecule is CC1CCc2ccccc2N1C(=O)CSc1nc2ccccc2c(=O)n1C1CC1. The lowest BCUT2D eigenvalue weighted by atomic mass is 9.97. The van der Waals surface area contributed by atoms with Crippen LogP contribution in [0.15, 0.2) is 58.5 Å². The monoisotopic (exact) mass is 405 g/mol. The molecule has 0 saturated heterocycles. The molecule has 1 aliphatic carbocycles. The molecule has 5 rings (SSSR count). The first-order chi connectivity index (χ1) is 14.1. The lowest BCUT2D eigenvalue weighted by Crippen LogP contribution is -2.43. The van der Waals surface area contributed by atoms with Gasteiger partial charge in [-0.25, -0.2) is 4.98 Å². The van der Waals surface area contributed by atoms with Crippen LogP contribution < -0.4 is 10.5 Å². The number of aromatic nitrogens is 2. The molecule has 3 aromatic rings. The van der Waals surface area contributed by atoms with E-state index in [0.29, 0.717) is 16.1 Å². The largest absolute Gasteiger partial charge is 0.309 e. The maximum atomic E-state index is 13.2. The fourth-order valence-corrected chi connectivity index (χ4v) is 5.07. The van der Waals surface area contributed by atoms with Crippen LogP contribution in [-0.4, -0.2) is 27.3 Å². The van der Waals surface area contributed by atoms with E-state index in [1.807, 2.05) is 47.4 Å². The Kier molecular flexibility index (Phi) is 4.66. The fraction of sp³-hybridized carbons (Fsp3) is 0.348. The molecular weight excluding hydrogens is 382 g/mol. The predicted octanol–water partition coefficient (Wildman–Crippen LogP) is 4.19. The summed E-state index contributed by atoms with van der Waals surface area (Å²) in [6.07, 6.45) is 3.96. The normalized spacial score (nSPS) is 18.7. The molecule has 1 unspecified atom stereocenters. The molecule has 1 fully saturated rings. The Morgan fingerprint density at radius 3 is 2.69 bits per heavy atom. The number of nitrogens with zero attached hydrogens (tertiary/aromatic N) is 3. The zero-order valence-corrected chi connectivity index (χ0v) is 17.2. The molecule has 0 radical (unpaired) electrons. The van der Waals surface area contributed by atoms with Gasteiger partial charge < -0.3 is 4.90 Å². The van der Waals surface area contributed by atoms with Gasteiger partial charge in [0.05, 0.1) is 16.7 Å². The van der Waals surface area contributed by atoms with E-state index in [2.05, 4.69) is 13.0 Å². The van der Waals surface area contributed by atoms with E-state index in [9.17, 15) is 9.59 Å². The van der Waals surface area contributed by atoms with Gasteiger partial charge in [-0.2, -0.15) is 0 Å². The highest BCUT2D eigenvalue weighted by atomic mass is 32.2. The minimum atomic E-state index is 0.00438. The smallest absolute Gasteiger partial charge is 0.262 e. The number of anilines is 1. The summed E-state index contributed by atoms with van der Waals surface area (Å²) in [6.45, 7) is 2.10. The maximum Gasteiger partial charge on any atom is 0.262 e. The van der Waals surface area contributed by atoms with Gasteiger partial charge in [0.25, 0.3) is 5.56 Å². The number of hydrogen-bond acceptors (Lipinski definition) is 4. The quantitative estimate of drug-likeness (QED) is 0.482. The van der Waals surface area contributed by atoms with Crippen LogP contribution >= 0.6 is 11.8 Å². The van der Waals surface area contributed by atoms with E-state index >= 15 is 0 Å². The molecule has 1 aliphatic heterocycles. The second-order valence-corrected chi connectivity index (χ2v) is 8.83. The van der Waals surface area contributed by atoms with Crippen molar-refractivity contribution in [1.82, 2.24) is 9.55 Å². The van der Waals surface area contributed by atoms with E-state index in [-0.39, 0.29) is 29.3 Å². The van der Waals surface area contributed by atoms with Crippen molar-refractivity contribution in [2.45, 2.75) is 49.8 Å². The Morgan fingerprint density at radius 1 is 1.10 bits per heavy atom. The van der Waals surface area contributed by atoms with Crippen LogP contribution in [0.4, 0.5) is 5.69 Å². The Balaban J connectivity index is 1.45. The molecule has 1 aromatic heterocycles. The molecule has 148 valence electrons. The summed E-state index contributed by atoms with van der Waals surface area (Å²) in [5, 5.41) is 1.30. The van der Waals surface area contributed by atoms with E-state index in [1.54, 1.807) is 4.57 Å². The molecule has 0 bridgehead atoms. The van der Waals surface area contributed by atoms with Gasteiger partial charge in [0, 0.05) is 17.8 Å². The number of amides is 1. The molecule has 1 amide bonds. The predicted molar refractivity (Wildman–Crippen MR) is 117 cm³/mol. The average Bonchev–Trinajstić information content (AvgIpc) is 3.57. The van der Waals surface area contributed by atoms with Gasteiger partial charge in [0.1, 0.15) is 0 Å². The summed E-state index contributed by atoms with van der Waals surface area (Å²) in [6, 6.07) is 16.0. The highest BCUT2D eigenvalue weighted by Gasteiger charge is 2.31. The van der Waals surface area contributed by atoms with Crippen LogP contribution in [0.5, 0.6) is 0 Å². The van der Waals surface area contributed by atoms with Gasteiger partial charge in [-0.05, 0) is 56.4 Å². The molecule has 5 nitrogen and oxygen atoms in total. The molecule has 2 aromatic carbocycles. The van der Waals surface area contributed by atoms with E-state index in [4.69, 9.17) is 4.98 Å². The number of carbonyl (C=O) groups excluding carboxylic acids is 1. The lowest BCUT2D eigenvalue weighted by molar-refractivity contribution is -0.116. The van der Waals surface area contributed by atoms with Gasteiger partial charge in [-0.3, -0.25) is 14.2 Å². The molecular formula is C23H23N3O2S. The van der Waals surface area contributed by atoms with Gasteiger partial charge in [-0.1, -0.05) is 42.1 Å². The van der Waals surface area contributed by atoms with Crippen molar-refractivity contribution in [2.24, 2.45) is 0 Å². The maximum absolute atomic E-state index is 13.2. The zero-order valence-electron chi connectivity index (χ0n) is 16.4. The van der Waals surface area contributed by atoms with Crippen LogP contribution in [0.1, 0.15) is 37.8 Å². The van der Waals surface area contributed by atoms with E-state index in [1.165, 1.54) is 17.3 Å². The molecule has 0 N–H and O–H groups in total. The van der Waals surface area contributed by atoms with Crippen molar-refractivity contribution >= 4 is 34.3 Å². The van der Waals surface area contributed by atoms with Crippen molar-refractivity contribution in [3.63, 3.8) is 0 Å². The third-order valence-corrected chi connectivity index (χ3v) is 6.74. The summed E-state index contributed by atoms with van der Waals surface area (Å²) >= 11 is 1.38. The standard InChI is InChI=1S/C23H23N3O2S/c1-15-10-11-16-6-2-5-9-20(16)25(15)21(27)14-29-23-24-19-8-4-3-7-18(19)22(28)26(23)17-12-13-17/h2-9,15,17H,10-14H2,1H3. The first-order valence-electron chi connectivity index (χ1n) is 10.2. The average molecular weight is 406 g/mol. The lowest BCUT2D eigenvalue weighted by Gasteiger charge is -2.35. The van der Waals surface area contributed by atoms with Crippen molar-refractivity contribution in [3.05, 3.63) is 64.4 Å². The molecule has 1 atom stereocenters. The number of aryl methyl sites for hydroxylation is 1. The Morgan fingerprint density at radius 2 is 1.86 bits per heavy atom. The number of rotatable bonds is 4. The van der Waals surface area contributed by atoms with Crippen LogP contribution in [0, 0.1) is 0 Å². The van der Waals surface area contributed by atoms with Gasteiger partial charge in [-0.15, -0.1) is 0 Å². The summed E-state index contributed by atoms with van der Waals surface area (Å²) in [7, 11) is 0. The molecule has 2 aliphatic rings. The number of carbonyl (C=O) groups is 1. The Labute approximate surface area is 173 Å². The topological polar surface area (TPSA) is 55.2 Å². The van der Waals surface area contributed by atoms with Crippen LogP contribution in [-0.2, 0) is 11.2 Å². The van der Waals surface area contributed by atoms with Crippen molar-refractivity contribution in [3.8, 4) is 0 Å². The fourth-order valence-electron chi connectivity index (χ4n) is 4.15. The first kappa shape index (κ1) is 18.4. The Hall–Kier alpha value is -2.60. The van der Waals surface area contributed by atoms with Gasteiger partial charge in [0.2, 0.25) is 5.91 Å². The number of hydrogen-bond donors (Lipinski definition) is 0. The summed E-state index contributed by atoms with van der Waals surface area (Å²) < 4.78 is 1.80. The molecule has 0 spiro atoms. The Bertz CT molecular complexity index is 1150. The minimum absolute atomic E-state index is 0.00438. The number of thioether (sulfide) groups is 1. The summed E-state index contributed by atoms with van der Waals surface area (Å²) in [4.78, 5) is 32.8. The number of benzene rings is 2. The van der Waals surface area contributed by atoms with E-state index in [0.717, 1.165) is 31.4 Å². The molecule has 1 saturated carbocycles. The summed E-state index contributed by atoms with van der Waals surface area (Å²) in [5.41, 5.74) is 2.94. The minimum Gasteiger partial charge on any atom is -0.309 e. The molecule has 6 heteroatoms. The van der Waals surface area contributed by atoms with Crippen molar-refractivity contribution in [1.29, 1.82) is 0 Å². The highest BCUT2D eigenvalue weighted by Crippen LogP contribution is 2.37. The van der Waals surface area contributed by atoms with E-state index < -0.39 is 0 Å². The highest BCUT2D eigenvalue weighted by molar-refractivity contribution is 7.99. The zero-order chi connectivity index (χ0) is 20.0. The third kappa shape index (κ3) is 3.35. The second-order valence-electron chi connectivity index (χ2n) is 7.89. The molecule has 2 heterocycles. The third-order valence-electron chi connectivity index (χ3n) is 5.80.